The van der Waals surface area contributed by atoms with Gasteiger partial charge < -0.3 is 4.74 Å². The predicted molar refractivity (Wildman–Crippen MR) is 89.6 cm³/mol. The summed E-state index contributed by atoms with van der Waals surface area (Å²) in [6.45, 7) is 2.14. The van der Waals surface area contributed by atoms with Gasteiger partial charge >= 0.3 is 5.97 Å². The van der Waals surface area contributed by atoms with Crippen molar-refractivity contribution in [2.75, 3.05) is 0 Å². The number of fused-ring (bicyclic) bond motifs is 1. The highest BCUT2D eigenvalue weighted by Crippen LogP contribution is 2.19. The second kappa shape index (κ2) is 6.54. The van der Waals surface area contributed by atoms with Gasteiger partial charge in [-0.15, -0.1) is 11.3 Å². The average molecular weight is 309 g/mol. The number of carbonyl (C=O) groups excluding carboxylic acids is 1. The van der Waals surface area contributed by atoms with Gasteiger partial charge in [-0.3, -0.25) is 0 Å². The van der Waals surface area contributed by atoms with Gasteiger partial charge in [0.25, 0.3) is 0 Å². The molecule has 3 aromatic rings. The standard InChI is InChI=1S/C18H15NO2S/c1-13-19-16(12-22-13)11-21-18(20)10-9-15-7-4-6-14-5-2-3-8-17(14)15/h2-10,12H,11H2,1H3/b10-9+. The summed E-state index contributed by atoms with van der Waals surface area (Å²) < 4.78 is 5.19. The topological polar surface area (TPSA) is 39.2 Å². The number of hydrogen-bond acceptors (Lipinski definition) is 4. The molecule has 1 heterocycles. The molecule has 3 nitrogen and oxygen atoms in total. The quantitative estimate of drug-likeness (QED) is 0.531. The zero-order valence-electron chi connectivity index (χ0n) is 12.2. The summed E-state index contributed by atoms with van der Waals surface area (Å²) in [4.78, 5) is 16.1. The van der Waals surface area contributed by atoms with E-state index in [-0.39, 0.29) is 12.6 Å². The van der Waals surface area contributed by atoms with Gasteiger partial charge in [-0.2, -0.15) is 0 Å². The lowest BCUT2D eigenvalue weighted by molar-refractivity contribution is -0.139. The minimum Gasteiger partial charge on any atom is -0.456 e. The number of thiazole rings is 1. The van der Waals surface area contributed by atoms with Crippen molar-refractivity contribution in [3.05, 3.63) is 70.2 Å². The summed E-state index contributed by atoms with van der Waals surface area (Å²) in [6.07, 6.45) is 3.25. The SMILES string of the molecule is Cc1nc(COC(=O)/C=C/c2cccc3ccccc23)cs1. The lowest BCUT2D eigenvalue weighted by Crippen LogP contribution is -2.00. The molecule has 1 aromatic heterocycles. The molecule has 0 N–H and O–H groups in total. The fraction of sp³-hybridized carbons (Fsp3) is 0.111. The zero-order chi connectivity index (χ0) is 15.4. The van der Waals surface area contributed by atoms with E-state index < -0.39 is 0 Å². The smallest absolute Gasteiger partial charge is 0.331 e. The van der Waals surface area contributed by atoms with Crippen LogP contribution in [0.1, 0.15) is 16.3 Å². The van der Waals surface area contributed by atoms with Crippen LogP contribution in [0.15, 0.2) is 53.9 Å². The molecule has 0 fully saturated rings. The summed E-state index contributed by atoms with van der Waals surface area (Å²) in [5, 5.41) is 5.13. The first-order valence-electron chi connectivity index (χ1n) is 6.96. The number of benzene rings is 2. The fourth-order valence-electron chi connectivity index (χ4n) is 2.22. The van der Waals surface area contributed by atoms with Gasteiger partial charge in [-0.05, 0) is 29.3 Å². The van der Waals surface area contributed by atoms with Crippen LogP contribution in [0, 0.1) is 6.92 Å². The highest BCUT2D eigenvalue weighted by atomic mass is 32.1. The Balaban J connectivity index is 1.68. The van der Waals surface area contributed by atoms with Gasteiger partial charge in [0.2, 0.25) is 0 Å². The lowest BCUT2D eigenvalue weighted by Gasteiger charge is -2.02. The second-order valence-corrected chi connectivity index (χ2v) is 5.93. The Morgan fingerprint density at radius 1 is 1.23 bits per heavy atom. The monoisotopic (exact) mass is 309 g/mol. The molecule has 0 atom stereocenters. The molecule has 22 heavy (non-hydrogen) atoms. The predicted octanol–water partition coefficient (Wildman–Crippen LogP) is 4.36. The maximum atomic E-state index is 11.8. The molecule has 0 bridgehead atoms. The third-order valence-electron chi connectivity index (χ3n) is 3.25. The first kappa shape index (κ1) is 14.5. The van der Waals surface area contributed by atoms with Crippen molar-refractivity contribution in [1.82, 2.24) is 4.98 Å². The Bertz CT molecular complexity index is 830. The normalized spacial score (nSPS) is 11.1. The number of nitrogens with zero attached hydrogens (tertiary/aromatic N) is 1. The van der Waals surface area contributed by atoms with E-state index in [1.807, 2.05) is 42.6 Å². The van der Waals surface area contributed by atoms with E-state index in [4.69, 9.17) is 4.74 Å². The molecule has 0 aliphatic carbocycles. The molecule has 0 aliphatic heterocycles. The van der Waals surface area contributed by atoms with E-state index in [2.05, 4.69) is 17.1 Å². The Morgan fingerprint density at radius 2 is 2.05 bits per heavy atom. The molecule has 0 spiro atoms. The third-order valence-corrected chi connectivity index (χ3v) is 4.07. The highest BCUT2D eigenvalue weighted by Gasteiger charge is 2.03. The number of rotatable bonds is 4. The largest absolute Gasteiger partial charge is 0.456 e. The lowest BCUT2D eigenvalue weighted by atomic mass is 10.0. The van der Waals surface area contributed by atoms with Crippen LogP contribution in [-0.2, 0) is 16.1 Å². The van der Waals surface area contributed by atoms with Crippen molar-refractivity contribution in [3.8, 4) is 0 Å². The molecule has 0 radical (unpaired) electrons. The molecular formula is C18H15NO2S. The fourth-order valence-corrected chi connectivity index (χ4v) is 2.82. The summed E-state index contributed by atoms with van der Waals surface area (Å²) in [7, 11) is 0. The molecular weight excluding hydrogens is 294 g/mol. The second-order valence-electron chi connectivity index (χ2n) is 4.87. The first-order valence-corrected chi connectivity index (χ1v) is 7.84. The number of hydrogen-bond donors (Lipinski definition) is 0. The van der Waals surface area contributed by atoms with E-state index in [0.29, 0.717) is 0 Å². The van der Waals surface area contributed by atoms with E-state index in [1.165, 1.54) is 6.08 Å². The van der Waals surface area contributed by atoms with Crippen LogP contribution >= 0.6 is 11.3 Å². The van der Waals surface area contributed by atoms with Crippen molar-refractivity contribution in [1.29, 1.82) is 0 Å². The van der Waals surface area contributed by atoms with E-state index in [1.54, 1.807) is 17.4 Å². The van der Waals surface area contributed by atoms with Crippen LogP contribution in [0.25, 0.3) is 16.8 Å². The Labute approximate surface area is 132 Å². The molecule has 2 aromatic carbocycles. The molecule has 0 saturated heterocycles. The van der Waals surface area contributed by atoms with Crippen LogP contribution < -0.4 is 0 Å². The number of aryl methyl sites for hydroxylation is 1. The van der Waals surface area contributed by atoms with Crippen molar-refractivity contribution in [2.24, 2.45) is 0 Å². The number of aromatic nitrogens is 1. The van der Waals surface area contributed by atoms with Crippen molar-refractivity contribution in [3.63, 3.8) is 0 Å². The Kier molecular flexibility index (Phi) is 4.30. The molecule has 4 heteroatoms. The van der Waals surface area contributed by atoms with Crippen LogP contribution in [0.3, 0.4) is 0 Å². The average Bonchev–Trinajstić information content (AvgIpc) is 2.96. The zero-order valence-corrected chi connectivity index (χ0v) is 13.0. The maximum Gasteiger partial charge on any atom is 0.331 e. The number of carbonyl (C=O) groups is 1. The number of esters is 1. The molecule has 0 amide bonds. The van der Waals surface area contributed by atoms with Gasteiger partial charge in [0.15, 0.2) is 0 Å². The van der Waals surface area contributed by atoms with Gasteiger partial charge in [0, 0.05) is 11.5 Å². The molecule has 0 aliphatic rings. The van der Waals surface area contributed by atoms with Crippen molar-refractivity contribution < 1.29 is 9.53 Å². The maximum absolute atomic E-state index is 11.8. The Morgan fingerprint density at radius 3 is 2.86 bits per heavy atom. The minimum absolute atomic E-state index is 0.211. The van der Waals surface area contributed by atoms with E-state index in [0.717, 1.165) is 27.0 Å². The van der Waals surface area contributed by atoms with Crippen LogP contribution in [-0.4, -0.2) is 11.0 Å². The summed E-state index contributed by atoms with van der Waals surface area (Å²) in [5.41, 5.74) is 1.79. The van der Waals surface area contributed by atoms with Crippen molar-refractivity contribution >= 4 is 34.2 Å². The molecule has 110 valence electrons. The molecule has 3 rings (SSSR count). The van der Waals surface area contributed by atoms with Gasteiger partial charge in [0.05, 0.1) is 10.7 Å². The first-order chi connectivity index (χ1) is 10.7. The number of ether oxygens (including phenoxy) is 1. The summed E-state index contributed by atoms with van der Waals surface area (Å²) >= 11 is 1.55. The molecule has 0 unspecified atom stereocenters. The van der Waals surface area contributed by atoms with Crippen LogP contribution in [0.4, 0.5) is 0 Å². The van der Waals surface area contributed by atoms with E-state index in [9.17, 15) is 4.79 Å². The summed E-state index contributed by atoms with van der Waals surface area (Å²) in [5.74, 6) is -0.362. The van der Waals surface area contributed by atoms with E-state index >= 15 is 0 Å². The van der Waals surface area contributed by atoms with Crippen LogP contribution in [0.5, 0.6) is 0 Å². The summed E-state index contributed by atoms with van der Waals surface area (Å²) in [6, 6.07) is 14.1. The third kappa shape index (κ3) is 3.40. The minimum atomic E-state index is -0.362. The van der Waals surface area contributed by atoms with Gasteiger partial charge in [-0.25, -0.2) is 9.78 Å². The van der Waals surface area contributed by atoms with Crippen LogP contribution in [0.2, 0.25) is 0 Å². The van der Waals surface area contributed by atoms with Crippen molar-refractivity contribution in [2.45, 2.75) is 13.5 Å². The highest BCUT2D eigenvalue weighted by molar-refractivity contribution is 7.09. The Hall–Kier alpha value is -2.46. The van der Waals surface area contributed by atoms with Gasteiger partial charge in [0.1, 0.15) is 6.61 Å². The molecule has 0 saturated carbocycles. The van der Waals surface area contributed by atoms with Gasteiger partial charge in [-0.1, -0.05) is 42.5 Å².